The number of carbonyl (C=O) groups is 2. The smallest absolute Gasteiger partial charge is 0.305 e. The molecule has 386 valence electrons. The fourth-order valence-corrected chi connectivity index (χ4v) is 9.28. The number of amides is 1. The van der Waals surface area contributed by atoms with Crippen molar-refractivity contribution >= 4 is 11.9 Å². The Morgan fingerprint density at radius 2 is 0.723 bits per heavy atom. The van der Waals surface area contributed by atoms with Crippen molar-refractivity contribution in [3.63, 3.8) is 0 Å². The van der Waals surface area contributed by atoms with E-state index >= 15 is 0 Å². The second kappa shape index (κ2) is 55.2. The van der Waals surface area contributed by atoms with Gasteiger partial charge < -0.3 is 20.3 Å². The second-order valence-corrected chi connectivity index (χ2v) is 20.3. The molecule has 0 radical (unpaired) electrons. The van der Waals surface area contributed by atoms with Crippen LogP contribution in [0, 0.1) is 0 Å². The lowest BCUT2D eigenvalue weighted by atomic mass is 10.0. The van der Waals surface area contributed by atoms with Gasteiger partial charge in [-0.1, -0.05) is 276 Å². The Kier molecular flexibility index (Phi) is 54.0. The summed E-state index contributed by atoms with van der Waals surface area (Å²) >= 11 is 0. The number of esters is 1. The summed E-state index contributed by atoms with van der Waals surface area (Å²) in [5.74, 6) is -0.0295. The zero-order valence-electron chi connectivity index (χ0n) is 44.0. The first kappa shape index (κ1) is 63.6. The monoisotopic (exact) mass is 918 g/mol. The summed E-state index contributed by atoms with van der Waals surface area (Å²) in [4.78, 5) is 24.5. The molecule has 0 aromatic rings. The van der Waals surface area contributed by atoms with E-state index in [9.17, 15) is 19.8 Å². The van der Waals surface area contributed by atoms with Crippen LogP contribution in [0.3, 0.4) is 0 Å². The second-order valence-electron chi connectivity index (χ2n) is 20.3. The molecule has 0 aliphatic rings. The topological polar surface area (TPSA) is 95.9 Å². The van der Waals surface area contributed by atoms with Gasteiger partial charge in [0.1, 0.15) is 0 Å². The molecule has 0 spiro atoms. The summed E-state index contributed by atoms with van der Waals surface area (Å²) < 4.78 is 5.47. The molecule has 0 heterocycles. The summed E-state index contributed by atoms with van der Waals surface area (Å²) in [7, 11) is 0. The van der Waals surface area contributed by atoms with Gasteiger partial charge in [-0.15, -0.1) is 0 Å². The van der Waals surface area contributed by atoms with Crippen LogP contribution in [-0.2, 0) is 14.3 Å². The van der Waals surface area contributed by atoms with Crippen LogP contribution in [0.2, 0.25) is 0 Å². The molecule has 1 amide bonds. The number of unbranched alkanes of at least 4 members (excludes halogenated alkanes) is 42. The summed E-state index contributed by atoms with van der Waals surface area (Å²) in [5, 5.41) is 23.2. The van der Waals surface area contributed by atoms with E-state index in [0.717, 1.165) is 44.9 Å². The van der Waals surface area contributed by atoms with Gasteiger partial charge in [0.2, 0.25) is 5.91 Å². The van der Waals surface area contributed by atoms with Crippen LogP contribution in [0.1, 0.15) is 328 Å². The van der Waals surface area contributed by atoms with Crippen molar-refractivity contribution in [2.24, 2.45) is 0 Å². The van der Waals surface area contributed by atoms with Crippen molar-refractivity contribution in [2.45, 2.75) is 341 Å². The fraction of sp³-hybridized carbons (Fsp3) is 0.932. The number of aliphatic hydroxyl groups is 2. The van der Waals surface area contributed by atoms with E-state index in [-0.39, 0.29) is 18.5 Å². The molecule has 0 aliphatic carbocycles. The predicted octanol–water partition coefficient (Wildman–Crippen LogP) is 18.1. The highest BCUT2D eigenvalue weighted by Gasteiger charge is 2.20. The fourth-order valence-electron chi connectivity index (χ4n) is 9.28. The minimum absolute atomic E-state index is 0.00442. The molecule has 6 heteroatoms. The summed E-state index contributed by atoms with van der Waals surface area (Å²) in [5.41, 5.74) is 0. The third-order valence-corrected chi connectivity index (χ3v) is 13.8. The Hall–Kier alpha value is -1.40. The number of ether oxygens (including phenoxy) is 1. The maximum Gasteiger partial charge on any atom is 0.305 e. The molecule has 0 fully saturated rings. The number of hydrogen-bond donors (Lipinski definition) is 3. The molecular formula is C59H115NO5. The van der Waals surface area contributed by atoms with Crippen molar-refractivity contribution < 1.29 is 24.5 Å². The summed E-state index contributed by atoms with van der Waals surface area (Å²) in [6.45, 7) is 4.95. The van der Waals surface area contributed by atoms with Crippen molar-refractivity contribution in [1.29, 1.82) is 0 Å². The first-order chi connectivity index (χ1) is 32.0. The average molecular weight is 919 g/mol. The number of allylic oxidation sites excluding steroid dienone is 2. The summed E-state index contributed by atoms with van der Waals surface area (Å²) in [6, 6.07) is -0.540. The molecule has 0 bridgehead atoms. The van der Waals surface area contributed by atoms with Crippen LogP contribution in [-0.4, -0.2) is 47.4 Å². The third-order valence-electron chi connectivity index (χ3n) is 13.8. The maximum absolute atomic E-state index is 12.5. The van der Waals surface area contributed by atoms with E-state index in [1.807, 2.05) is 0 Å². The molecule has 65 heavy (non-hydrogen) atoms. The maximum atomic E-state index is 12.5. The van der Waals surface area contributed by atoms with Crippen LogP contribution in [0.4, 0.5) is 0 Å². The van der Waals surface area contributed by atoms with E-state index < -0.39 is 12.1 Å². The quantitative estimate of drug-likeness (QED) is 0.0321. The van der Waals surface area contributed by atoms with Crippen molar-refractivity contribution in [1.82, 2.24) is 5.32 Å². The highest BCUT2D eigenvalue weighted by atomic mass is 16.5. The average Bonchev–Trinajstić information content (AvgIpc) is 3.31. The largest absolute Gasteiger partial charge is 0.466 e. The van der Waals surface area contributed by atoms with Crippen molar-refractivity contribution in [2.75, 3.05) is 13.2 Å². The number of aliphatic hydroxyl groups excluding tert-OH is 2. The number of hydrogen-bond acceptors (Lipinski definition) is 5. The minimum Gasteiger partial charge on any atom is -0.466 e. The van der Waals surface area contributed by atoms with Crippen LogP contribution >= 0.6 is 0 Å². The van der Waals surface area contributed by atoms with Crippen molar-refractivity contribution in [3.05, 3.63) is 12.2 Å². The lowest BCUT2D eigenvalue weighted by Crippen LogP contribution is -2.45. The first-order valence-electron chi connectivity index (χ1n) is 29.4. The van der Waals surface area contributed by atoms with Gasteiger partial charge in [0.05, 0.1) is 25.4 Å². The zero-order valence-corrected chi connectivity index (χ0v) is 44.0. The van der Waals surface area contributed by atoms with Gasteiger partial charge in [0.15, 0.2) is 0 Å². The molecule has 2 atom stereocenters. The van der Waals surface area contributed by atoms with Gasteiger partial charge in [0.25, 0.3) is 0 Å². The normalized spacial score (nSPS) is 12.6. The van der Waals surface area contributed by atoms with E-state index in [2.05, 4.69) is 31.3 Å². The molecule has 0 rings (SSSR count). The first-order valence-corrected chi connectivity index (χ1v) is 29.4. The Bertz CT molecular complexity index is 970. The lowest BCUT2D eigenvalue weighted by Gasteiger charge is -2.22. The summed E-state index contributed by atoms with van der Waals surface area (Å²) in [6.07, 6.45) is 64.9. The number of nitrogens with one attached hydrogen (secondary N) is 1. The molecule has 6 nitrogen and oxygen atoms in total. The van der Waals surface area contributed by atoms with E-state index in [1.165, 1.54) is 250 Å². The van der Waals surface area contributed by atoms with E-state index in [0.29, 0.717) is 25.9 Å². The molecule has 3 N–H and O–H groups in total. The minimum atomic E-state index is -0.663. The van der Waals surface area contributed by atoms with E-state index in [4.69, 9.17) is 4.74 Å². The zero-order chi connectivity index (χ0) is 47.2. The molecule has 0 aliphatic heterocycles. The van der Waals surface area contributed by atoms with Crippen LogP contribution in [0.25, 0.3) is 0 Å². The molecule has 2 unspecified atom stereocenters. The molecule has 0 saturated carbocycles. The van der Waals surface area contributed by atoms with Crippen LogP contribution in [0.15, 0.2) is 12.2 Å². The van der Waals surface area contributed by atoms with Gasteiger partial charge in [0, 0.05) is 12.8 Å². The molecule has 0 saturated heterocycles. The SMILES string of the molecule is CCCCCC/C=C\CCCCCCCC(=O)OCCCCCCCCCCCCCCCCCCCCCCCCC(=O)NC(CO)C(O)CCCCCCCCCCCCCCC. The predicted molar refractivity (Wildman–Crippen MR) is 283 cm³/mol. The van der Waals surface area contributed by atoms with Gasteiger partial charge in [-0.25, -0.2) is 0 Å². The number of rotatable bonds is 55. The Morgan fingerprint density at radius 3 is 1.11 bits per heavy atom. The third kappa shape index (κ3) is 51.8. The van der Waals surface area contributed by atoms with Crippen LogP contribution in [0.5, 0.6) is 0 Å². The van der Waals surface area contributed by atoms with Crippen LogP contribution < -0.4 is 5.32 Å². The molecular weight excluding hydrogens is 803 g/mol. The van der Waals surface area contributed by atoms with Gasteiger partial charge in [-0.2, -0.15) is 0 Å². The van der Waals surface area contributed by atoms with E-state index in [1.54, 1.807) is 0 Å². The Morgan fingerprint density at radius 1 is 0.415 bits per heavy atom. The highest BCUT2D eigenvalue weighted by Crippen LogP contribution is 2.18. The Labute approximate surface area is 406 Å². The molecule has 0 aromatic heterocycles. The highest BCUT2D eigenvalue weighted by molar-refractivity contribution is 5.76. The number of carbonyl (C=O) groups excluding carboxylic acids is 2. The van der Waals surface area contributed by atoms with Gasteiger partial charge in [-0.3, -0.25) is 9.59 Å². The standard InChI is InChI=1S/C59H115NO5/c1-3-5-7-9-11-13-15-27-31-35-39-43-47-51-57(62)56(55-61)60-58(63)52-48-44-40-36-32-29-25-23-21-19-17-18-20-22-24-26-30-34-38-42-46-50-54-65-59(64)53-49-45-41-37-33-28-16-14-12-10-8-6-4-2/h14,16,56-57,61-62H,3-13,15,17-55H2,1-2H3,(H,60,63)/b16-14-. The van der Waals surface area contributed by atoms with Gasteiger partial charge >= 0.3 is 5.97 Å². The Balaban J connectivity index is 3.36. The molecule has 0 aromatic carbocycles. The van der Waals surface area contributed by atoms with Crippen molar-refractivity contribution in [3.8, 4) is 0 Å². The van der Waals surface area contributed by atoms with Gasteiger partial charge in [-0.05, 0) is 51.4 Å². The lowest BCUT2D eigenvalue weighted by molar-refractivity contribution is -0.143.